The van der Waals surface area contributed by atoms with Crippen molar-refractivity contribution in [3.8, 4) is 5.75 Å². The summed E-state index contributed by atoms with van der Waals surface area (Å²) < 4.78 is 13.2. The van der Waals surface area contributed by atoms with Crippen molar-refractivity contribution in [1.29, 1.82) is 0 Å². The highest BCUT2D eigenvalue weighted by Gasteiger charge is 2.29. The van der Waals surface area contributed by atoms with Crippen molar-refractivity contribution in [2.75, 3.05) is 18.4 Å². The van der Waals surface area contributed by atoms with Gasteiger partial charge in [-0.2, -0.15) is 0 Å². The number of anilines is 1. The van der Waals surface area contributed by atoms with Crippen LogP contribution in [0.15, 0.2) is 48.5 Å². The van der Waals surface area contributed by atoms with Gasteiger partial charge in [0.15, 0.2) is 0 Å². The summed E-state index contributed by atoms with van der Waals surface area (Å²) in [5.74, 6) is -0.504. The van der Waals surface area contributed by atoms with Crippen molar-refractivity contribution in [3.63, 3.8) is 0 Å². The summed E-state index contributed by atoms with van der Waals surface area (Å²) >= 11 is 0. The molecule has 160 valence electrons. The number of halogens is 1. The largest absolute Gasteiger partial charge is 0.506 e. The van der Waals surface area contributed by atoms with Crippen LogP contribution in [-0.4, -0.2) is 35.0 Å². The first-order valence-corrected chi connectivity index (χ1v) is 10.2. The van der Waals surface area contributed by atoms with Gasteiger partial charge in [-0.3, -0.25) is 4.79 Å². The van der Waals surface area contributed by atoms with Crippen LogP contribution in [0.2, 0.25) is 0 Å². The third-order valence-electron chi connectivity index (χ3n) is 5.49. The van der Waals surface area contributed by atoms with Crippen LogP contribution in [0.25, 0.3) is 0 Å². The molecular formula is C23H28FN3O3. The van der Waals surface area contributed by atoms with Gasteiger partial charge in [-0.25, -0.2) is 9.18 Å². The standard InChI is InChI=1S/C23H28FN3O3/c1-15(2)21(16-7-9-18(24)10-8-16)26-23(30)27-13-11-17(12-14-27)22(29)25-19-5-3-4-6-20(19)28/h3-10,15,17,21,28H,11-14H2,1-2H3,(H,25,29)(H,26,30)/t21-/m1/s1. The van der Waals surface area contributed by atoms with E-state index in [2.05, 4.69) is 10.6 Å². The number of urea groups is 1. The van der Waals surface area contributed by atoms with E-state index in [4.69, 9.17) is 0 Å². The number of rotatable bonds is 5. The van der Waals surface area contributed by atoms with Gasteiger partial charge in [0, 0.05) is 19.0 Å². The molecule has 0 bridgehead atoms. The Balaban J connectivity index is 1.54. The highest BCUT2D eigenvalue weighted by atomic mass is 19.1. The van der Waals surface area contributed by atoms with E-state index in [1.807, 2.05) is 13.8 Å². The van der Waals surface area contributed by atoms with E-state index in [1.54, 1.807) is 35.2 Å². The van der Waals surface area contributed by atoms with Gasteiger partial charge in [-0.15, -0.1) is 0 Å². The van der Waals surface area contributed by atoms with Crippen molar-refractivity contribution >= 4 is 17.6 Å². The van der Waals surface area contributed by atoms with Crippen LogP contribution in [0, 0.1) is 17.7 Å². The van der Waals surface area contributed by atoms with Crippen LogP contribution in [0.5, 0.6) is 5.75 Å². The number of aromatic hydroxyl groups is 1. The van der Waals surface area contributed by atoms with Crippen LogP contribution in [0.3, 0.4) is 0 Å². The molecular weight excluding hydrogens is 385 g/mol. The van der Waals surface area contributed by atoms with E-state index in [-0.39, 0.29) is 41.4 Å². The van der Waals surface area contributed by atoms with Gasteiger partial charge >= 0.3 is 6.03 Å². The van der Waals surface area contributed by atoms with Gasteiger partial charge in [0.25, 0.3) is 0 Å². The van der Waals surface area contributed by atoms with Crippen LogP contribution >= 0.6 is 0 Å². The summed E-state index contributed by atoms with van der Waals surface area (Å²) in [6, 6.07) is 12.4. The second-order valence-electron chi connectivity index (χ2n) is 7.99. The minimum absolute atomic E-state index is 0.0307. The summed E-state index contributed by atoms with van der Waals surface area (Å²) in [5, 5.41) is 15.6. The fraction of sp³-hybridized carbons (Fsp3) is 0.391. The van der Waals surface area contributed by atoms with Gasteiger partial charge in [0.2, 0.25) is 5.91 Å². The maximum absolute atomic E-state index is 13.2. The maximum atomic E-state index is 13.2. The van der Waals surface area contributed by atoms with E-state index in [0.29, 0.717) is 31.6 Å². The van der Waals surface area contributed by atoms with Crippen LogP contribution < -0.4 is 10.6 Å². The molecule has 0 unspecified atom stereocenters. The summed E-state index contributed by atoms with van der Waals surface area (Å²) in [7, 11) is 0. The quantitative estimate of drug-likeness (QED) is 0.640. The zero-order valence-corrected chi connectivity index (χ0v) is 17.3. The predicted molar refractivity (Wildman–Crippen MR) is 114 cm³/mol. The average molecular weight is 413 g/mol. The lowest BCUT2D eigenvalue weighted by molar-refractivity contribution is -0.121. The lowest BCUT2D eigenvalue weighted by Crippen LogP contribution is -2.47. The number of nitrogens with zero attached hydrogens (tertiary/aromatic N) is 1. The molecule has 7 heteroatoms. The fourth-order valence-electron chi connectivity index (χ4n) is 3.69. The molecule has 0 aliphatic carbocycles. The van der Waals surface area contributed by atoms with Gasteiger partial charge in [-0.05, 0) is 48.6 Å². The molecule has 3 rings (SSSR count). The molecule has 1 fully saturated rings. The lowest BCUT2D eigenvalue weighted by atomic mass is 9.95. The number of piperidine rings is 1. The third-order valence-corrected chi connectivity index (χ3v) is 5.49. The number of carbonyl (C=O) groups excluding carboxylic acids is 2. The zero-order chi connectivity index (χ0) is 21.7. The Bertz CT molecular complexity index is 878. The van der Waals surface area contributed by atoms with Crippen LogP contribution in [-0.2, 0) is 4.79 Å². The predicted octanol–water partition coefficient (Wildman–Crippen LogP) is 4.29. The van der Waals surface area contributed by atoms with E-state index in [0.717, 1.165) is 5.56 Å². The van der Waals surface area contributed by atoms with Gasteiger partial charge in [0.1, 0.15) is 11.6 Å². The molecule has 1 aliphatic heterocycles. The third kappa shape index (κ3) is 5.28. The number of hydrogen-bond acceptors (Lipinski definition) is 3. The first kappa shape index (κ1) is 21.6. The number of phenolic OH excluding ortho intramolecular Hbond substituents is 1. The number of benzene rings is 2. The van der Waals surface area contributed by atoms with Crippen molar-refractivity contribution < 1.29 is 19.1 Å². The first-order chi connectivity index (χ1) is 14.3. The monoisotopic (exact) mass is 413 g/mol. The van der Waals surface area contributed by atoms with E-state index in [1.165, 1.54) is 18.2 Å². The molecule has 0 radical (unpaired) electrons. The molecule has 6 nitrogen and oxygen atoms in total. The van der Waals surface area contributed by atoms with E-state index < -0.39 is 0 Å². The van der Waals surface area contributed by atoms with Crippen molar-refractivity contribution in [3.05, 3.63) is 59.9 Å². The number of carbonyl (C=O) groups is 2. The number of para-hydroxylation sites is 2. The van der Waals surface area contributed by atoms with Crippen LogP contribution in [0.1, 0.15) is 38.3 Å². The molecule has 1 aliphatic rings. The Morgan fingerprint density at radius 1 is 1.07 bits per heavy atom. The molecule has 0 aromatic heterocycles. The minimum Gasteiger partial charge on any atom is -0.506 e. The first-order valence-electron chi connectivity index (χ1n) is 10.2. The SMILES string of the molecule is CC(C)[C@@H](NC(=O)N1CCC(C(=O)Nc2ccccc2O)CC1)c1ccc(F)cc1. The molecule has 2 aromatic carbocycles. The Kier molecular flexibility index (Phi) is 6.92. The number of likely N-dealkylation sites (tertiary alicyclic amines) is 1. The Hall–Kier alpha value is -3.09. The molecule has 1 atom stereocenters. The summed E-state index contributed by atoms with van der Waals surface area (Å²) in [6.45, 7) is 4.95. The molecule has 30 heavy (non-hydrogen) atoms. The second kappa shape index (κ2) is 9.61. The summed E-state index contributed by atoms with van der Waals surface area (Å²) in [6.07, 6.45) is 1.10. The number of amides is 3. The van der Waals surface area contributed by atoms with Crippen molar-refractivity contribution in [2.24, 2.45) is 11.8 Å². The topological polar surface area (TPSA) is 81.7 Å². The number of hydrogen-bond donors (Lipinski definition) is 3. The number of phenols is 1. The number of nitrogens with one attached hydrogen (secondary N) is 2. The smallest absolute Gasteiger partial charge is 0.317 e. The molecule has 0 saturated carbocycles. The lowest BCUT2D eigenvalue weighted by Gasteiger charge is -2.33. The van der Waals surface area contributed by atoms with Gasteiger partial charge in [-0.1, -0.05) is 38.1 Å². The average Bonchev–Trinajstić information content (AvgIpc) is 2.74. The van der Waals surface area contributed by atoms with Gasteiger partial charge in [0.05, 0.1) is 11.7 Å². The normalized spacial score (nSPS) is 15.7. The summed E-state index contributed by atoms with van der Waals surface area (Å²) in [5.41, 5.74) is 1.25. The maximum Gasteiger partial charge on any atom is 0.317 e. The van der Waals surface area contributed by atoms with E-state index >= 15 is 0 Å². The van der Waals surface area contributed by atoms with Crippen molar-refractivity contribution in [2.45, 2.75) is 32.7 Å². The highest BCUT2D eigenvalue weighted by Crippen LogP contribution is 2.26. The summed E-state index contributed by atoms with van der Waals surface area (Å²) in [4.78, 5) is 27.0. The minimum atomic E-state index is -0.309. The van der Waals surface area contributed by atoms with E-state index in [9.17, 15) is 19.1 Å². The molecule has 0 spiro atoms. The highest BCUT2D eigenvalue weighted by molar-refractivity contribution is 5.94. The molecule has 1 saturated heterocycles. The van der Waals surface area contributed by atoms with Crippen molar-refractivity contribution in [1.82, 2.24) is 10.2 Å². The Morgan fingerprint density at radius 2 is 1.70 bits per heavy atom. The molecule has 2 aromatic rings. The molecule has 1 heterocycles. The van der Waals surface area contributed by atoms with Gasteiger partial charge < -0.3 is 20.6 Å². The Labute approximate surface area is 176 Å². The Morgan fingerprint density at radius 3 is 2.30 bits per heavy atom. The molecule has 3 N–H and O–H groups in total. The molecule has 3 amide bonds. The fourth-order valence-corrected chi connectivity index (χ4v) is 3.69. The zero-order valence-electron chi connectivity index (χ0n) is 17.3. The second-order valence-corrected chi connectivity index (χ2v) is 7.99. The van der Waals surface area contributed by atoms with Crippen LogP contribution in [0.4, 0.5) is 14.9 Å².